The lowest BCUT2D eigenvalue weighted by molar-refractivity contribution is 0.0951. The van der Waals surface area contributed by atoms with Gasteiger partial charge in [-0.05, 0) is 35.4 Å². The van der Waals surface area contributed by atoms with Gasteiger partial charge in [0, 0.05) is 24.9 Å². The summed E-state index contributed by atoms with van der Waals surface area (Å²) in [6, 6.07) is 15.2. The van der Waals surface area contributed by atoms with Gasteiger partial charge in [-0.3, -0.25) is 4.79 Å². The van der Waals surface area contributed by atoms with Crippen molar-refractivity contribution in [1.82, 2.24) is 15.1 Å². The van der Waals surface area contributed by atoms with Gasteiger partial charge in [-0.1, -0.05) is 35.9 Å². The second-order valence-electron chi connectivity index (χ2n) is 5.58. The van der Waals surface area contributed by atoms with E-state index < -0.39 is 0 Å². The highest BCUT2D eigenvalue weighted by molar-refractivity contribution is 6.30. The summed E-state index contributed by atoms with van der Waals surface area (Å²) in [4.78, 5) is 12.3. The lowest BCUT2D eigenvalue weighted by atomic mass is 10.1. The minimum absolute atomic E-state index is 0.166. The Morgan fingerprint density at radius 2 is 1.80 bits per heavy atom. The number of methoxy groups -OCH3 is 1. The predicted octanol–water partition coefficient (Wildman–Crippen LogP) is 3.60. The molecule has 0 saturated carbocycles. The number of benzene rings is 2. The number of ether oxygens (including phenoxy) is 1. The molecule has 0 saturated heterocycles. The van der Waals surface area contributed by atoms with E-state index in [0.717, 1.165) is 16.8 Å². The molecule has 1 heterocycles. The zero-order valence-corrected chi connectivity index (χ0v) is 14.5. The highest BCUT2D eigenvalue weighted by atomic mass is 35.5. The summed E-state index contributed by atoms with van der Waals surface area (Å²) in [5.41, 5.74) is 3.48. The van der Waals surface area contributed by atoms with Crippen LogP contribution >= 0.6 is 11.6 Å². The summed E-state index contributed by atoms with van der Waals surface area (Å²) < 4.78 is 6.73. The number of nitrogens with zero attached hydrogens (tertiary/aromatic N) is 2. The Kier molecular flexibility index (Phi) is 5.48. The quantitative estimate of drug-likeness (QED) is 0.735. The van der Waals surface area contributed by atoms with Crippen LogP contribution in [-0.2, 0) is 17.9 Å². The molecule has 5 nitrogen and oxygen atoms in total. The Hall–Kier alpha value is -2.63. The van der Waals surface area contributed by atoms with Crippen molar-refractivity contribution in [3.05, 3.63) is 82.6 Å². The highest BCUT2D eigenvalue weighted by Crippen LogP contribution is 2.13. The fourth-order valence-corrected chi connectivity index (χ4v) is 2.51. The van der Waals surface area contributed by atoms with Gasteiger partial charge in [-0.25, -0.2) is 4.68 Å². The van der Waals surface area contributed by atoms with Crippen LogP contribution in [0.2, 0.25) is 5.02 Å². The summed E-state index contributed by atoms with van der Waals surface area (Å²) >= 11 is 5.88. The minimum Gasteiger partial charge on any atom is -0.380 e. The maximum atomic E-state index is 12.3. The molecule has 25 heavy (non-hydrogen) atoms. The van der Waals surface area contributed by atoms with Crippen LogP contribution in [0.15, 0.2) is 60.9 Å². The zero-order chi connectivity index (χ0) is 17.6. The van der Waals surface area contributed by atoms with Gasteiger partial charge in [0.05, 0.1) is 24.1 Å². The number of amides is 1. The van der Waals surface area contributed by atoms with Crippen molar-refractivity contribution in [1.29, 1.82) is 0 Å². The summed E-state index contributed by atoms with van der Waals surface area (Å²) in [6.45, 7) is 1.04. The maximum Gasteiger partial charge on any atom is 0.254 e. The predicted molar refractivity (Wildman–Crippen MR) is 96.9 cm³/mol. The van der Waals surface area contributed by atoms with Crippen molar-refractivity contribution in [2.75, 3.05) is 7.11 Å². The van der Waals surface area contributed by atoms with E-state index in [2.05, 4.69) is 10.4 Å². The van der Waals surface area contributed by atoms with Crippen molar-refractivity contribution < 1.29 is 9.53 Å². The monoisotopic (exact) mass is 355 g/mol. The highest BCUT2D eigenvalue weighted by Gasteiger charge is 2.09. The van der Waals surface area contributed by atoms with Crippen LogP contribution < -0.4 is 5.32 Å². The van der Waals surface area contributed by atoms with Gasteiger partial charge in [-0.15, -0.1) is 0 Å². The van der Waals surface area contributed by atoms with Crippen LogP contribution in [0.3, 0.4) is 0 Å². The number of nitrogens with one attached hydrogen (secondary N) is 1. The average Bonchev–Trinajstić information content (AvgIpc) is 3.12. The minimum atomic E-state index is -0.166. The first-order valence-electron chi connectivity index (χ1n) is 7.81. The molecule has 0 unspecified atom stereocenters. The number of carbonyl (C=O) groups is 1. The number of hydrogen-bond acceptors (Lipinski definition) is 3. The van der Waals surface area contributed by atoms with Crippen molar-refractivity contribution in [2.24, 2.45) is 0 Å². The van der Waals surface area contributed by atoms with Crippen LogP contribution in [0.4, 0.5) is 0 Å². The molecule has 0 spiro atoms. The fourth-order valence-electron chi connectivity index (χ4n) is 2.38. The first-order valence-corrected chi connectivity index (χ1v) is 8.19. The van der Waals surface area contributed by atoms with E-state index in [1.807, 2.05) is 36.4 Å². The van der Waals surface area contributed by atoms with E-state index in [1.165, 1.54) is 0 Å². The fraction of sp³-hybridized carbons (Fsp3) is 0.158. The van der Waals surface area contributed by atoms with Crippen LogP contribution in [0.5, 0.6) is 0 Å². The van der Waals surface area contributed by atoms with Crippen molar-refractivity contribution >= 4 is 17.5 Å². The molecule has 1 amide bonds. The van der Waals surface area contributed by atoms with E-state index in [9.17, 15) is 4.79 Å². The van der Waals surface area contributed by atoms with Crippen molar-refractivity contribution in [3.63, 3.8) is 0 Å². The largest absolute Gasteiger partial charge is 0.380 e. The van der Waals surface area contributed by atoms with E-state index in [-0.39, 0.29) is 5.91 Å². The summed E-state index contributed by atoms with van der Waals surface area (Å²) in [5.74, 6) is -0.166. The Morgan fingerprint density at radius 1 is 1.12 bits per heavy atom. The topological polar surface area (TPSA) is 56.1 Å². The molecular weight excluding hydrogens is 338 g/mol. The number of hydrogen-bond donors (Lipinski definition) is 1. The van der Waals surface area contributed by atoms with Gasteiger partial charge in [0.1, 0.15) is 0 Å². The van der Waals surface area contributed by atoms with Gasteiger partial charge < -0.3 is 10.1 Å². The number of carbonyl (C=O) groups excluding carboxylic acids is 1. The lowest BCUT2D eigenvalue weighted by Crippen LogP contribution is -2.22. The normalized spacial score (nSPS) is 10.6. The summed E-state index contributed by atoms with van der Waals surface area (Å²) in [5, 5.41) is 7.78. The van der Waals surface area contributed by atoms with Gasteiger partial charge >= 0.3 is 0 Å². The Morgan fingerprint density at radius 3 is 2.48 bits per heavy atom. The molecule has 0 fully saturated rings. The molecule has 2 aromatic carbocycles. The van der Waals surface area contributed by atoms with E-state index in [0.29, 0.717) is 23.7 Å². The average molecular weight is 356 g/mol. The third-order valence-corrected chi connectivity index (χ3v) is 3.97. The van der Waals surface area contributed by atoms with E-state index in [1.54, 1.807) is 36.3 Å². The van der Waals surface area contributed by atoms with Crippen LogP contribution in [0, 0.1) is 0 Å². The molecule has 3 rings (SSSR count). The molecule has 1 aromatic heterocycles. The first-order chi connectivity index (χ1) is 12.2. The second kappa shape index (κ2) is 7.96. The first kappa shape index (κ1) is 17.2. The number of halogens is 1. The van der Waals surface area contributed by atoms with Crippen LogP contribution in [0.25, 0.3) is 5.69 Å². The third kappa shape index (κ3) is 4.47. The molecule has 0 aliphatic carbocycles. The smallest absolute Gasteiger partial charge is 0.254 e. The molecule has 0 atom stereocenters. The summed E-state index contributed by atoms with van der Waals surface area (Å²) in [7, 11) is 1.67. The molecule has 0 aliphatic rings. The molecule has 0 radical (unpaired) electrons. The van der Waals surface area contributed by atoms with E-state index in [4.69, 9.17) is 16.3 Å². The van der Waals surface area contributed by atoms with Crippen molar-refractivity contribution in [2.45, 2.75) is 13.2 Å². The van der Waals surface area contributed by atoms with E-state index >= 15 is 0 Å². The molecule has 6 heteroatoms. The Labute approximate surface area is 151 Å². The van der Waals surface area contributed by atoms with Gasteiger partial charge in [0.15, 0.2) is 0 Å². The lowest BCUT2D eigenvalue weighted by Gasteiger charge is -2.05. The molecule has 3 aromatic rings. The maximum absolute atomic E-state index is 12.3. The Balaban J connectivity index is 1.61. The third-order valence-electron chi connectivity index (χ3n) is 3.72. The SMILES string of the molecule is COCc1ccc(CNC(=O)c2cnn(-c3ccc(Cl)cc3)c2)cc1. The zero-order valence-electron chi connectivity index (χ0n) is 13.8. The van der Waals surface area contributed by atoms with Crippen LogP contribution in [0.1, 0.15) is 21.5 Å². The standard InChI is InChI=1S/C19H18ClN3O2/c1-25-13-15-4-2-14(3-5-15)10-21-19(24)16-11-22-23(12-16)18-8-6-17(20)7-9-18/h2-9,11-12H,10,13H2,1H3,(H,21,24). The number of rotatable bonds is 6. The molecule has 0 bridgehead atoms. The van der Waals surface area contributed by atoms with Crippen LogP contribution in [-0.4, -0.2) is 22.8 Å². The van der Waals surface area contributed by atoms with Gasteiger partial charge in [0.25, 0.3) is 5.91 Å². The van der Waals surface area contributed by atoms with Gasteiger partial charge in [-0.2, -0.15) is 5.10 Å². The summed E-state index contributed by atoms with van der Waals surface area (Å²) in [6.07, 6.45) is 3.24. The molecule has 0 aliphatic heterocycles. The van der Waals surface area contributed by atoms with Crippen molar-refractivity contribution in [3.8, 4) is 5.69 Å². The van der Waals surface area contributed by atoms with Gasteiger partial charge in [0.2, 0.25) is 0 Å². The number of aromatic nitrogens is 2. The molecule has 1 N–H and O–H groups in total. The molecule has 128 valence electrons. The Bertz CT molecular complexity index is 842. The molecular formula is C19H18ClN3O2. The second-order valence-corrected chi connectivity index (χ2v) is 6.02.